The molecule has 2 aromatic carbocycles. The summed E-state index contributed by atoms with van der Waals surface area (Å²) in [5, 5.41) is 0.458. The second-order valence-electron chi connectivity index (χ2n) is 5.64. The minimum atomic E-state index is -0.449. The Morgan fingerprint density at radius 3 is 2.59 bits per heavy atom. The number of para-hydroxylation sites is 1. The van der Waals surface area contributed by atoms with E-state index in [1.54, 1.807) is 62.4 Å². The maximum absolute atomic E-state index is 12.8. The molecule has 0 bridgehead atoms. The lowest BCUT2D eigenvalue weighted by molar-refractivity contribution is -0.145. The fourth-order valence-electron chi connectivity index (χ4n) is 2.66. The third kappa shape index (κ3) is 4.11. The summed E-state index contributed by atoms with van der Waals surface area (Å²) in [5.41, 5.74) is 0.855. The Morgan fingerprint density at radius 2 is 1.81 bits per heavy atom. The van der Waals surface area contributed by atoms with Gasteiger partial charge >= 0.3 is 5.97 Å². The lowest BCUT2D eigenvalue weighted by Gasteiger charge is -2.12. The Bertz CT molecular complexity index is 1000. The summed E-state index contributed by atoms with van der Waals surface area (Å²) in [7, 11) is 0. The number of benzene rings is 2. The van der Waals surface area contributed by atoms with Crippen molar-refractivity contribution >= 4 is 16.9 Å². The van der Waals surface area contributed by atoms with Gasteiger partial charge in [0.15, 0.2) is 12.4 Å². The molecule has 0 aliphatic carbocycles. The molecule has 0 spiro atoms. The Balaban J connectivity index is 2.01. The molecule has 0 amide bonds. The smallest absolute Gasteiger partial charge is 0.344 e. The van der Waals surface area contributed by atoms with Gasteiger partial charge in [-0.15, -0.1) is 0 Å². The van der Waals surface area contributed by atoms with Crippen LogP contribution in [0.1, 0.15) is 13.8 Å². The molecule has 0 N–H and O–H groups in total. The molecule has 6 heteroatoms. The molecule has 0 saturated heterocycles. The monoisotopic (exact) mass is 368 g/mol. The van der Waals surface area contributed by atoms with Gasteiger partial charge in [-0.3, -0.25) is 4.79 Å². The van der Waals surface area contributed by atoms with Crippen molar-refractivity contribution in [3.05, 3.63) is 58.8 Å². The fraction of sp³-hybridized carbons (Fsp3) is 0.238. The van der Waals surface area contributed by atoms with Gasteiger partial charge in [0.05, 0.1) is 18.6 Å². The second kappa shape index (κ2) is 8.40. The predicted octanol–water partition coefficient (Wildman–Crippen LogP) is 3.80. The first-order valence-corrected chi connectivity index (χ1v) is 8.71. The van der Waals surface area contributed by atoms with E-state index in [4.69, 9.17) is 18.6 Å². The first kappa shape index (κ1) is 18.5. The summed E-state index contributed by atoms with van der Waals surface area (Å²) in [6.07, 6.45) is 0. The van der Waals surface area contributed by atoms with Crippen molar-refractivity contribution in [2.45, 2.75) is 13.8 Å². The largest absolute Gasteiger partial charge is 0.487 e. The highest BCUT2D eigenvalue weighted by atomic mass is 16.6. The molecule has 1 heterocycles. The number of carbonyl (C=O) groups excluding carboxylic acids is 1. The predicted molar refractivity (Wildman–Crippen MR) is 101 cm³/mol. The molecule has 0 aliphatic heterocycles. The Kier molecular flexibility index (Phi) is 5.76. The molecule has 0 radical (unpaired) electrons. The van der Waals surface area contributed by atoms with E-state index in [0.717, 1.165) is 0 Å². The Hall–Kier alpha value is -3.28. The average Bonchev–Trinajstić information content (AvgIpc) is 2.69. The highest BCUT2D eigenvalue weighted by Gasteiger charge is 2.18. The highest BCUT2D eigenvalue weighted by molar-refractivity contribution is 5.82. The van der Waals surface area contributed by atoms with Gasteiger partial charge in [-0.05, 0) is 38.1 Å². The van der Waals surface area contributed by atoms with Gasteiger partial charge in [0, 0.05) is 5.56 Å². The number of rotatable bonds is 7. The van der Waals surface area contributed by atoms with Crippen molar-refractivity contribution in [3.8, 4) is 22.8 Å². The molecule has 3 aromatic rings. The summed E-state index contributed by atoms with van der Waals surface area (Å²) in [4.78, 5) is 24.3. The van der Waals surface area contributed by atoms with E-state index in [-0.39, 0.29) is 17.8 Å². The molecule has 0 fully saturated rings. The molecule has 6 nitrogen and oxygen atoms in total. The van der Waals surface area contributed by atoms with E-state index in [1.165, 1.54) is 0 Å². The van der Waals surface area contributed by atoms with E-state index < -0.39 is 5.97 Å². The average molecular weight is 368 g/mol. The molecule has 1 aromatic heterocycles. The van der Waals surface area contributed by atoms with E-state index in [9.17, 15) is 9.59 Å². The summed E-state index contributed by atoms with van der Waals surface area (Å²) in [5.74, 6) is 0.481. The molecular weight excluding hydrogens is 348 g/mol. The molecule has 0 saturated carbocycles. The van der Waals surface area contributed by atoms with Gasteiger partial charge < -0.3 is 18.6 Å². The zero-order valence-corrected chi connectivity index (χ0v) is 15.2. The Labute approximate surface area is 156 Å². The summed E-state index contributed by atoms with van der Waals surface area (Å²) in [6.45, 7) is 3.96. The molecule has 0 unspecified atom stereocenters. The van der Waals surface area contributed by atoms with Crippen molar-refractivity contribution in [3.63, 3.8) is 0 Å². The number of hydrogen-bond donors (Lipinski definition) is 0. The van der Waals surface area contributed by atoms with Crippen LogP contribution in [-0.4, -0.2) is 25.8 Å². The van der Waals surface area contributed by atoms with Crippen LogP contribution < -0.4 is 14.9 Å². The number of ether oxygens (including phenoxy) is 3. The zero-order chi connectivity index (χ0) is 19.2. The first-order valence-electron chi connectivity index (χ1n) is 8.71. The van der Waals surface area contributed by atoms with Gasteiger partial charge in [-0.2, -0.15) is 0 Å². The molecular formula is C21H20O6. The SMILES string of the molecule is CCOC(=O)COc1cccc(-c2oc3ccccc3c(=O)c2OCC)c1. The number of carbonyl (C=O) groups is 1. The van der Waals surface area contributed by atoms with E-state index in [2.05, 4.69) is 0 Å². The number of fused-ring (bicyclic) bond motifs is 1. The van der Waals surface area contributed by atoms with E-state index in [1.807, 2.05) is 0 Å². The molecule has 0 aliphatic rings. The van der Waals surface area contributed by atoms with Gasteiger partial charge in [-0.1, -0.05) is 24.3 Å². The quantitative estimate of drug-likeness (QED) is 0.591. The normalized spacial score (nSPS) is 10.6. The summed E-state index contributed by atoms with van der Waals surface area (Å²) in [6, 6.07) is 13.9. The molecule has 27 heavy (non-hydrogen) atoms. The van der Waals surface area contributed by atoms with Crippen molar-refractivity contribution in [1.82, 2.24) is 0 Å². The Morgan fingerprint density at radius 1 is 1.00 bits per heavy atom. The summed E-state index contributed by atoms with van der Waals surface area (Å²) < 4.78 is 21.9. The van der Waals surface area contributed by atoms with Crippen molar-refractivity contribution in [2.75, 3.05) is 19.8 Å². The molecule has 3 rings (SSSR count). The second-order valence-corrected chi connectivity index (χ2v) is 5.64. The number of hydrogen-bond acceptors (Lipinski definition) is 6. The zero-order valence-electron chi connectivity index (χ0n) is 15.2. The third-order valence-electron chi connectivity index (χ3n) is 3.80. The lowest BCUT2D eigenvalue weighted by atomic mass is 10.1. The van der Waals surface area contributed by atoms with E-state index >= 15 is 0 Å². The van der Waals surface area contributed by atoms with Gasteiger partial charge in [0.25, 0.3) is 0 Å². The van der Waals surface area contributed by atoms with Gasteiger partial charge in [-0.25, -0.2) is 4.79 Å². The van der Waals surface area contributed by atoms with Crippen LogP contribution in [0, 0.1) is 0 Å². The van der Waals surface area contributed by atoms with Crippen LogP contribution in [0.4, 0.5) is 0 Å². The fourth-order valence-corrected chi connectivity index (χ4v) is 2.66. The maximum atomic E-state index is 12.8. The summed E-state index contributed by atoms with van der Waals surface area (Å²) >= 11 is 0. The standard InChI is InChI=1S/C21H20O6/c1-3-24-18(22)13-26-15-9-7-8-14(12-15)20-21(25-4-2)19(23)16-10-5-6-11-17(16)27-20/h5-12H,3-4,13H2,1-2H3. The van der Waals surface area contributed by atoms with Crippen molar-refractivity contribution in [2.24, 2.45) is 0 Å². The molecule has 140 valence electrons. The number of esters is 1. The topological polar surface area (TPSA) is 75.0 Å². The van der Waals surface area contributed by atoms with Crippen molar-refractivity contribution < 1.29 is 23.4 Å². The minimum absolute atomic E-state index is 0.152. The van der Waals surface area contributed by atoms with Crippen LogP contribution >= 0.6 is 0 Å². The van der Waals surface area contributed by atoms with Crippen LogP contribution in [-0.2, 0) is 9.53 Å². The maximum Gasteiger partial charge on any atom is 0.344 e. The third-order valence-corrected chi connectivity index (χ3v) is 3.80. The highest BCUT2D eigenvalue weighted by Crippen LogP contribution is 2.32. The van der Waals surface area contributed by atoms with E-state index in [0.29, 0.717) is 41.3 Å². The van der Waals surface area contributed by atoms with Crippen LogP contribution in [0.25, 0.3) is 22.3 Å². The van der Waals surface area contributed by atoms with Gasteiger partial charge in [0.1, 0.15) is 11.3 Å². The lowest BCUT2D eigenvalue weighted by Crippen LogP contribution is -2.14. The van der Waals surface area contributed by atoms with Crippen LogP contribution in [0.3, 0.4) is 0 Å². The van der Waals surface area contributed by atoms with Crippen LogP contribution in [0.15, 0.2) is 57.7 Å². The van der Waals surface area contributed by atoms with Crippen LogP contribution in [0.5, 0.6) is 11.5 Å². The van der Waals surface area contributed by atoms with Crippen molar-refractivity contribution in [1.29, 1.82) is 0 Å². The first-order chi connectivity index (χ1) is 13.1. The molecule has 0 atom stereocenters. The minimum Gasteiger partial charge on any atom is -0.487 e. The van der Waals surface area contributed by atoms with Crippen LogP contribution in [0.2, 0.25) is 0 Å². The van der Waals surface area contributed by atoms with Gasteiger partial charge in [0.2, 0.25) is 11.2 Å².